The topological polar surface area (TPSA) is 59.1 Å². The van der Waals surface area contributed by atoms with Crippen molar-refractivity contribution >= 4 is 33.3 Å². The monoisotopic (exact) mass is 252 g/mol. The Kier molecular flexibility index (Phi) is 2.17. The van der Waals surface area contributed by atoms with Crippen molar-refractivity contribution in [2.75, 3.05) is 0 Å². The zero-order valence-electron chi connectivity index (χ0n) is 6.95. The van der Waals surface area contributed by atoms with E-state index in [1.807, 2.05) is 0 Å². The summed E-state index contributed by atoms with van der Waals surface area (Å²) >= 11 is 3.24. The number of carbonyl (C=O) groups is 2. The molecule has 5 heteroatoms. The number of rotatable bonds is 1. The van der Waals surface area contributed by atoms with Crippen molar-refractivity contribution in [1.82, 2.24) is 10.3 Å². The van der Waals surface area contributed by atoms with E-state index in [0.29, 0.717) is 11.1 Å². The second-order valence-electron chi connectivity index (χ2n) is 2.77. The zero-order chi connectivity index (χ0) is 10.1. The largest absolute Gasteiger partial charge is 0.289 e. The number of nitrogens with one attached hydrogen (secondary N) is 1. The number of hydrogen-bond acceptors (Lipinski definition) is 3. The van der Waals surface area contributed by atoms with Gasteiger partial charge in [0.25, 0.3) is 11.8 Å². The van der Waals surface area contributed by atoms with Crippen LogP contribution in [0.4, 0.5) is 0 Å². The first-order valence-electron chi connectivity index (χ1n) is 3.85. The lowest BCUT2D eigenvalue weighted by Gasteiger charge is -1.99. The number of aromatic nitrogens is 1. The molecule has 14 heavy (non-hydrogen) atoms. The fraction of sp³-hybridized carbons (Fsp3) is 0. The average Bonchev–Trinajstić information content (AvgIpc) is 2.45. The molecule has 1 aliphatic rings. The smallest absolute Gasteiger partial charge is 0.258 e. The van der Waals surface area contributed by atoms with Gasteiger partial charge in [-0.1, -0.05) is 0 Å². The molecule has 0 fully saturated rings. The van der Waals surface area contributed by atoms with Crippen molar-refractivity contribution in [3.8, 4) is 0 Å². The molecule has 1 aromatic rings. The summed E-state index contributed by atoms with van der Waals surface area (Å²) in [5, 5.41) is 2.17. The Morgan fingerprint density at radius 2 is 2.07 bits per heavy atom. The zero-order valence-corrected chi connectivity index (χ0v) is 8.54. The number of carbonyl (C=O) groups excluding carboxylic acids is 2. The van der Waals surface area contributed by atoms with Crippen LogP contribution in [0.3, 0.4) is 0 Å². The number of pyridine rings is 1. The molecule has 1 aliphatic heterocycles. The number of halogens is 1. The Hall–Kier alpha value is -1.49. The molecular formula is C9H5BrN2O2. The van der Waals surface area contributed by atoms with E-state index in [0.717, 1.165) is 4.47 Å². The van der Waals surface area contributed by atoms with Crippen LogP contribution in [0.15, 0.2) is 29.0 Å². The molecule has 2 rings (SSSR count). The van der Waals surface area contributed by atoms with Crippen LogP contribution in [-0.2, 0) is 9.59 Å². The van der Waals surface area contributed by atoms with Crippen molar-refractivity contribution in [2.45, 2.75) is 0 Å². The molecule has 0 saturated carbocycles. The number of hydrogen-bond donors (Lipinski definition) is 1. The maximum absolute atomic E-state index is 11.3. The molecule has 0 aromatic carbocycles. The van der Waals surface area contributed by atoms with Gasteiger partial charge in [-0.3, -0.25) is 19.9 Å². The normalized spacial score (nSPS) is 15.4. The van der Waals surface area contributed by atoms with Gasteiger partial charge >= 0.3 is 0 Å². The van der Waals surface area contributed by atoms with Gasteiger partial charge in [-0.25, -0.2) is 0 Å². The first kappa shape index (κ1) is 9.08. The second kappa shape index (κ2) is 3.34. The van der Waals surface area contributed by atoms with Crippen LogP contribution in [0.5, 0.6) is 0 Å². The molecule has 0 bridgehead atoms. The van der Waals surface area contributed by atoms with E-state index in [9.17, 15) is 9.59 Å². The van der Waals surface area contributed by atoms with E-state index >= 15 is 0 Å². The molecule has 0 atom stereocenters. The highest BCUT2D eigenvalue weighted by atomic mass is 79.9. The minimum Gasteiger partial charge on any atom is -0.289 e. The van der Waals surface area contributed by atoms with Gasteiger partial charge in [-0.2, -0.15) is 0 Å². The third-order valence-electron chi connectivity index (χ3n) is 1.77. The van der Waals surface area contributed by atoms with E-state index in [4.69, 9.17) is 0 Å². The maximum Gasteiger partial charge on any atom is 0.258 e. The Balaban J connectivity index is 2.45. The molecule has 1 aromatic heterocycles. The molecule has 0 aliphatic carbocycles. The summed E-state index contributed by atoms with van der Waals surface area (Å²) in [6.07, 6.45) is 4.42. The molecule has 70 valence electrons. The predicted molar refractivity (Wildman–Crippen MR) is 53.1 cm³/mol. The number of amides is 2. The van der Waals surface area contributed by atoms with Gasteiger partial charge in [-0.05, 0) is 22.0 Å². The van der Waals surface area contributed by atoms with Gasteiger partial charge in [0.05, 0.1) is 5.57 Å². The van der Waals surface area contributed by atoms with Gasteiger partial charge in [-0.15, -0.1) is 0 Å². The first-order chi connectivity index (χ1) is 6.66. The standard InChI is InChI=1S/C9H5BrN2O2/c10-6-1-5(3-11-4-6)7-2-8(13)12-9(7)14/h1-4H,(H,12,13,14). The van der Waals surface area contributed by atoms with E-state index in [1.165, 1.54) is 12.3 Å². The highest BCUT2D eigenvalue weighted by Gasteiger charge is 2.22. The van der Waals surface area contributed by atoms with Crippen molar-refractivity contribution in [2.24, 2.45) is 0 Å². The molecule has 0 radical (unpaired) electrons. The fourth-order valence-electron chi connectivity index (χ4n) is 1.19. The average molecular weight is 253 g/mol. The van der Waals surface area contributed by atoms with Crippen molar-refractivity contribution < 1.29 is 9.59 Å². The molecule has 0 saturated heterocycles. The van der Waals surface area contributed by atoms with Crippen molar-refractivity contribution in [1.29, 1.82) is 0 Å². The second-order valence-corrected chi connectivity index (χ2v) is 3.68. The Morgan fingerprint density at radius 1 is 1.29 bits per heavy atom. The summed E-state index contributed by atoms with van der Waals surface area (Å²) in [5.74, 6) is -0.764. The van der Waals surface area contributed by atoms with E-state index < -0.39 is 0 Å². The lowest BCUT2D eigenvalue weighted by atomic mass is 10.1. The predicted octanol–water partition coefficient (Wildman–Crippen LogP) is 0.884. The minimum absolute atomic E-state index is 0.351. The first-order valence-corrected chi connectivity index (χ1v) is 4.64. The van der Waals surface area contributed by atoms with Crippen LogP contribution in [0, 0.1) is 0 Å². The lowest BCUT2D eigenvalue weighted by Crippen LogP contribution is -2.21. The van der Waals surface area contributed by atoms with E-state index in [1.54, 1.807) is 12.3 Å². The summed E-state index contributed by atoms with van der Waals surface area (Å²) in [7, 11) is 0. The summed E-state index contributed by atoms with van der Waals surface area (Å²) < 4.78 is 0.767. The Bertz CT molecular complexity index is 454. The highest BCUT2D eigenvalue weighted by Crippen LogP contribution is 2.20. The van der Waals surface area contributed by atoms with Crippen molar-refractivity contribution in [3.63, 3.8) is 0 Å². The van der Waals surface area contributed by atoms with Crippen LogP contribution in [0.2, 0.25) is 0 Å². The Labute approximate surface area is 88.2 Å². The molecule has 0 unspecified atom stereocenters. The van der Waals surface area contributed by atoms with Crippen LogP contribution in [0.25, 0.3) is 5.57 Å². The van der Waals surface area contributed by atoms with E-state index in [2.05, 4.69) is 26.2 Å². The van der Waals surface area contributed by atoms with Crippen LogP contribution < -0.4 is 5.32 Å². The van der Waals surface area contributed by atoms with Gasteiger partial charge in [0.2, 0.25) is 0 Å². The van der Waals surface area contributed by atoms with Crippen molar-refractivity contribution in [3.05, 3.63) is 34.6 Å². The lowest BCUT2D eigenvalue weighted by molar-refractivity contribution is -0.123. The molecule has 1 N–H and O–H groups in total. The minimum atomic E-state index is -0.384. The third-order valence-corrected chi connectivity index (χ3v) is 2.21. The van der Waals surface area contributed by atoms with Gasteiger partial charge in [0.1, 0.15) is 0 Å². The molecule has 2 heterocycles. The molecular weight excluding hydrogens is 248 g/mol. The third kappa shape index (κ3) is 1.58. The fourth-order valence-corrected chi connectivity index (χ4v) is 1.55. The van der Waals surface area contributed by atoms with Crippen LogP contribution in [0.1, 0.15) is 5.56 Å². The van der Waals surface area contributed by atoms with Gasteiger partial charge in [0.15, 0.2) is 0 Å². The summed E-state index contributed by atoms with van der Waals surface area (Å²) in [4.78, 5) is 26.0. The highest BCUT2D eigenvalue weighted by molar-refractivity contribution is 9.10. The quantitative estimate of drug-likeness (QED) is 0.756. The van der Waals surface area contributed by atoms with E-state index in [-0.39, 0.29) is 11.8 Å². The molecule has 4 nitrogen and oxygen atoms in total. The van der Waals surface area contributed by atoms with Gasteiger partial charge in [0, 0.05) is 28.5 Å². The molecule has 2 amide bonds. The van der Waals surface area contributed by atoms with Gasteiger partial charge < -0.3 is 0 Å². The summed E-state index contributed by atoms with van der Waals surface area (Å²) in [5.41, 5.74) is 0.978. The SMILES string of the molecule is O=C1C=C(c2cncc(Br)c2)C(=O)N1. The van der Waals surface area contributed by atoms with Crippen LogP contribution >= 0.6 is 15.9 Å². The number of imide groups is 1. The Morgan fingerprint density at radius 3 is 2.64 bits per heavy atom. The molecule has 0 spiro atoms. The van der Waals surface area contributed by atoms with Crippen LogP contribution in [-0.4, -0.2) is 16.8 Å². The summed E-state index contributed by atoms with van der Waals surface area (Å²) in [6.45, 7) is 0. The maximum atomic E-state index is 11.3. The summed E-state index contributed by atoms with van der Waals surface area (Å²) in [6, 6.07) is 1.73. The number of nitrogens with zero attached hydrogens (tertiary/aromatic N) is 1.